The van der Waals surface area contributed by atoms with Crippen LogP contribution in [0, 0.1) is 25.4 Å². The van der Waals surface area contributed by atoms with Crippen LogP contribution >= 0.6 is 0 Å². The number of hydrogen-bond donors (Lipinski definition) is 0. The fraction of sp³-hybridized carbons (Fsp3) is 0.179. The number of para-hydroxylation sites is 4. The molecule has 1 aliphatic rings. The molecule has 0 fully saturated rings. The van der Waals surface area contributed by atoms with E-state index in [1.165, 1.54) is 0 Å². The first kappa shape index (κ1) is 43.5. The van der Waals surface area contributed by atoms with Crippen molar-refractivity contribution < 1.29 is 37.1 Å². The molecule has 0 unspecified atom stereocenters. The quantitative estimate of drug-likeness (QED) is 0.149. The smallest absolute Gasteiger partial charge is 0.229 e. The van der Waals surface area contributed by atoms with Crippen molar-refractivity contribution in [2.45, 2.75) is 78.6 Å². The summed E-state index contributed by atoms with van der Waals surface area (Å²) in [7, 11) is 0. The molecule has 0 spiro atoms. The third-order valence-corrected chi connectivity index (χ3v) is 14.1. The van der Waals surface area contributed by atoms with Gasteiger partial charge in [-0.2, -0.15) is 12.1 Å². The maximum Gasteiger partial charge on any atom is 0.229 e. The van der Waals surface area contributed by atoms with Crippen molar-refractivity contribution in [2.75, 3.05) is 9.80 Å². The van der Waals surface area contributed by atoms with Gasteiger partial charge in [0.15, 0.2) is 0 Å². The minimum absolute atomic E-state index is 0. The van der Waals surface area contributed by atoms with Crippen LogP contribution in [0.1, 0.15) is 85.9 Å². The summed E-state index contributed by atoms with van der Waals surface area (Å²) in [6, 6.07) is 49.5. The van der Waals surface area contributed by atoms with E-state index in [1.54, 1.807) is 6.07 Å². The van der Waals surface area contributed by atoms with Crippen molar-refractivity contribution in [1.82, 2.24) is 9.55 Å². The summed E-state index contributed by atoms with van der Waals surface area (Å²) >= 11 is 0. The predicted molar refractivity (Wildman–Crippen MR) is 305 cm³/mol. The van der Waals surface area contributed by atoms with Crippen molar-refractivity contribution in [2.24, 2.45) is 0 Å². The molecule has 0 aliphatic carbocycles. The maximum atomic E-state index is 9.26. The fourth-order valence-corrected chi connectivity index (χ4v) is 10.1. The number of fused-ring (bicyclic) bond motifs is 8. The summed E-state index contributed by atoms with van der Waals surface area (Å²) < 4.78 is 60.1. The van der Waals surface area contributed by atoms with Crippen molar-refractivity contribution in [3.8, 4) is 39.6 Å². The number of pyridine rings is 1. The van der Waals surface area contributed by atoms with Gasteiger partial charge in [0.1, 0.15) is 17.0 Å². The van der Waals surface area contributed by atoms with Gasteiger partial charge in [0.25, 0.3) is 0 Å². The average molecular weight is 1160 g/mol. The number of rotatable bonds is 7. The third-order valence-electron chi connectivity index (χ3n) is 14.1. The largest absolute Gasteiger partial charge is 0.509 e. The Bertz CT molecular complexity index is 4320. The molecule has 0 saturated carbocycles. The Hall–Kier alpha value is -7.91. The first-order chi connectivity index (χ1) is 37.6. The molecule has 0 radical (unpaired) electrons. The molecule has 11 aromatic rings. The number of furan rings is 1. The third kappa shape index (κ3) is 8.66. The van der Waals surface area contributed by atoms with E-state index in [0.29, 0.717) is 51.1 Å². The summed E-state index contributed by atoms with van der Waals surface area (Å²) in [6.07, 6.45) is 1.84. The van der Waals surface area contributed by atoms with Crippen LogP contribution < -0.4 is 14.5 Å². The summed E-state index contributed by atoms with van der Waals surface area (Å²) in [5.74, 6) is 1.60. The van der Waals surface area contributed by atoms with Gasteiger partial charge >= 0.3 is 0 Å². The van der Waals surface area contributed by atoms with Gasteiger partial charge < -0.3 is 23.5 Å². The van der Waals surface area contributed by atoms with E-state index in [4.69, 9.17) is 24.8 Å². The van der Waals surface area contributed by atoms with Gasteiger partial charge in [-0.3, -0.25) is 0 Å². The topological polar surface area (TPSA) is 51.0 Å². The molecule has 0 saturated heterocycles. The van der Waals surface area contributed by atoms with Crippen LogP contribution in [0.5, 0.6) is 11.5 Å². The first-order valence-corrected chi connectivity index (χ1v) is 24.9. The Morgan fingerprint density at radius 1 is 0.613 bits per heavy atom. The molecular weight excluding hydrogens is 1100 g/mol. The number of hydrogen-bond acceptors (Lipinski definition) is 5. The van der Waals surface area contributed by atoms with E-state index in [1.807, 2.05) is 103 Å². The van der Waals surface area contributed by atoms with Crippen LogP contribution in [0.3, 0.4) is 0 Å². The molecular formula is C67H56N5O2Pt-3. The molecule has 12 rings (SSSR count). The van der Waals surface area contributed by atoms with E-state index in [2.05, 4.69) is 131 Å². The van der Waals surface area contributed by atoms with Gasteiger partial charge in [0.2, 0.25) is 5.69 Å². The van der Waals surface area contributed by atoms with Gasteiger partial charge in [0, 0.05) is 83.2 Å². The van der Waals surface area contributed by atoms with Gasteiger partial charge in [0.05, 0.1) is 13.4 Å². The second-order valence-electron chi connectivity index (χ2n) is 22.1. The first-order valence-electron chi connectivity index (χ1n) is 27.4. The molecule has 0 atom stereocenters. The monoisotopic (exact) mass is 1160 g/mol. The van der Waals surface area contributed by atoms with Crippen LogP contribution in [0.15, 0.2) is 174 Å². The van der Waals surface area contributed by atoms with Gasteiger partial charge in [-0.15, -0.1) is 42.7 Å². The number of ether oxygens (including phenoxy) is 1. The summed E-state index contributed by atoms with van der Waals surface area (Å²) in [4.78, 5) is 12.8. The predicted octanol–water partition coefficient (Wildman–Crippen LogP) is 18.7. The van der Waals surface area contributed by atoms with Crippen molar-refractivity contribution in [3.63, 3.8) is 0 Å². The fourth-order valence-electron chi connectivity index (χ4n) is 10.1. The Morgan fingerprint density at radius 2 is 1.25 bits per heavy atom. The second-order valence-corrected chi connectivity index (χ2v) is 22.1. The van der Waals surface area contributed by atoms with Crippen LogP contribution in [-0.2, 0) is 37.3 Å². The number of benzene rings is 8. The molecule has 4 heterocycles. The SMILES string of the molecule is [2H]c1c([2H])c([2H])c(-c2cccc(-c3cc(C(C)(C)C)cc(C(C)(C)C)c3)c2N2[CH-]N(c3[c-]c(Oc4[c-]c5c(cc4)c4c6oc7c([N+]#[C-])cccc7c6ccc4n5-c4cc(C(C)(C)C)ccn4)ccc3)c3ccccc32)c([2H])c1[2H].[Pt]. The van der Waals surface area contributed by atoms with Crippen molar-refractivity contribution in [3.05, 3.63) is 217 Å². The van der Waals surface area contributed by atoms with E-state index in [0.717, 1.165) is 71.8 Å². The standard InChI is InChI=1S/C67H56N5O2.Pt/c1-65(2,3)44-33-34-69-60(38-44)72-58-32-31-53-52-25-18-26-55(68-10)63(52)74-64(53)61(58)54-30-29-49(40-59(54)72)73-48-22-16-21-47(39-48)70-41-71(57-28-15-14-27-56(57)70)62-50(42-19-12-11-13-20-42)23-17-24-51(62)43-35-45(66(4,5)6)37-46(36-43)67(7,8)9;/h11-38,41H,1-9H3;/q-3;/i11D,12D,13D,19D,20D;. The van der Waals surface area contributed by atoms with E-state index < -0.39 is 18.1 Å². The molecule has 3 aromatic heterocycles. The Morgan fingerprint density at radius 3 is 1.96 bits per heavy atom. The zero-order valence-corrected chi connectivity index (χ0v) is 45.5. The summed E-state index contributed by atoms with van der Waals surface area (Å²) in [5.41, 5.74) is 11.5. The minimum Gasteiger partial charge on any atom is -0.509 e. The van der Waals surface area contributed by atoms with Crippen LogP contribution in [0.4, 0.5) is 28.4 Å². The second kappa shape index (κ2) is 18.5. The van der Waals surface area contributed by atoms with Gasteiger partial charge in [-0.1, -0.05) is 170 Å². The van der Waals surface area contributed by atoms with Crippen LogP contribution in [0.25, 0.3) is 76.7 Å². The average Bonchev–Trinajstić information content (AvgIpc) is 4.12. The Labute approximate surface area is 461 Å². The molecule has 8 aromatic carbocycles. The van der Waals surface area contributed by atoms with Crippen molar-refractivity contribution in [1.29, 1.82) is 0 Å². The molecule has 0 amide bonds. The van der Waals surface area contributed by atoms with E-state index >= 15 is 0 Å². The summed E-state index contributed by atoms with van der Waals surface area (Å²) in [6.45, 7) is 29.6. The number of aromatic nitrogens is 2. The van der Waals surface area contributed by atoms with Gasteiger partial charge in [-0.25, -0.2) is 9.83 Å². The number of nitrogens with zero attached hydrogens (tertiary/aromatic N) is 5. The van der Waals surface area contributed by atoms with E-state index in [-0.39, 0.29) is 55.0 Å². The van der Waals surface area contributed by atoms with Gasteiger partial charge in [-0.05, 0) is 85.8 Å². The zero-order chi connectivity index (χ0) is 55.6. The van der Waals surface area contributed by atoms with Crippen LogP contribution in [0.2, 0.25) is 0 Å². The van der Waals surface area contributed by atoms with Crippen molar-refractivity contribution >= 4 is 72.2 Å². The minimum atomic E-state index is -0.449. The molecule has 8 heteroatoms. The summed E-state index contributed by atoms with van der Waals surface area (Å²) in [5, 5.41) is 3.54. The Balaban J connectivity index is 0.00000675. The molecule has 75 heavy (non-hydrogen) atoms. The molecule has 7 nitrogen and oxygen atoms in total. The zero-order valence-electron chi connectivity index (χ0n) is 48.2. The molecule has 0 N–H and O–H groups in total. The maximum absolute atomic E-state index is 9.26. The van der Waals surface area contributed by atoms with Crippen LogP contribution in [-0.4, -0.2) is 9.55 Å². The van der Waals surface area contributed by atoms with E-state index in [9.17, 15) is 2.74 Å². The molecule has 0 bridgehead atoms. The molecule has 1 aliphatic heterocycles. The normalized spacial score (nSPS) is 13.8. The number of anilines is 4. The molecule has 374 valence electrons. The Kier molecular flexibility index (Phi) is 10.7.